The van der Waals surface area contributed by atoms with E-state index in [1.807, 2.05) is 16.8 Å². The molecule has 0 fully saturated rings. The maximum atomic E-state index is 6.21. The van der Waals surface area contributed by atoms with E-state index in [1.165, 1.54) is 16.3 Å². The van der Waals surface area contributed by atoms with Gasteiger partial charge in [0.15, 0.2) is 0 Å². The Labute approximate surface area is 161 Å². The molecule has 5 heteroatoms. The molecule has 1 N–H and O–H groups in total. The largest absolute Gasteiger partial charge is 0.369 e. The number of anilines is 1. The van der Waals surface area contributed by atoms with Crippen LogP contribution in [0.1, 0.15) is 5.56 Å². The van der Waals surface area contributed by atoms with E-state index in [1.54, 1.807) is 6.07 Å². The average molecular weight is 380 g/mol. The van der Waals surface area contributed by atoms with Gasteiger partial charge in [-0.2, -0.15) is 5.10 Å². The van der Waals surface area contributed by atoms with E-state index in [-0.39, 0.29) is 0 Å². The van der Waals surface area contributed by atoms with Crippen molar-refractivity contribution < 1.29 is 0 Å². The second-order valence-electron chi connectivity index (χ2n) is 6.42. The van der Waals surface area contributed by atoms with Crippen LogP contribution in [-0.4, -0.2) is 16.3 Å². The van der Waals surface area contributed by atoms with Gasteiger partial charge in [-0.15, -0.1) is 0 Å². The maximum absolute atomic E-state index is 6.21. The quantitative estimate of drug-likeness (QED) is 0.465. The van der Waals surface area contributed by atoms with Crippen LogP contribution >= 0.6 is 23.2 Å². The minimum absolute atomic E-state index is 0.527. The molecule has 0 atom stereocenters. The molecule has 0 amide bonds. The molecule has 4 aromatic rings. The zero-order valence-corrected chi connectivity index (χ0v) is 15.3. The van der Waals surface area contributed by atoms with Gasteiger partial charge in [0.2, 0.25) is 0 Å². The normalized spacial score (nSPS) is 13.0. The van der Waals surface area contributed by atoms with Crippen LogP contribution < -0.4 is 5.32 Å². The van der Waals surface area contributed by atoms with Gasteiger partial charge in [-0.1, -0.05) is 59.6 Å². The lowest BCUT2D eigenvalue weighted by molar-refractivity contribution is 0.882. The molecule has 0 saturated carbocycles. The SMILES string of the molecule is Clc1ccc(-n2nc(-c3ccc4ccccc4c3)c3c2NCC3)cc1Cl. The Balaban J connectivity index is 1.69. The number of hydrogen-bond donors (Lipinski definition) is 1. The fourth-order valence-electron chi connectivity index (χ4n) is 3.55. The molecule has 0 saturated heterocycles. The van der Waals surface area contributed by atoms with Gasteiger partial charge in [-0.25, -0.2) is 4.68 Å². The van der Waals surface area contributed by atoms with Crippen molar-refractivity contribution in [3.63, 3.8) is 0 Å². The zero-order valence-electron chi connectivity index (χ0n) is 13.8. The Bertz CT molecular complexity index is 1150. The lowest BCUT2D eigenvalue weighted by Gasteiger charge is -2.07. The summed E-state index contributed by atoms with van der Waals surface area (Å²) in [4.78, 5) is 0. The number of rotatable bonds is 2. The molecule has 0 bridgehead atoms. The Hall–Kier alpha value is -2.49. The van der Waals surface area contributed by atoms with Crippen molar-refractivity contribution in [2.24, 2.45) is 0 Å². The fraction of sp³-hybridized carbons (Fsp3) is 0.0952. The Morgan fingerprint density at radius 1 is 0.885 bits per heavy atom. The smallest absolute Gasteiger partial charge is 0.133 e. The summed E-state index contributed by atoms with van der Waals surface area (Å²) < 4.78 is 1.93. The highest BCUT2D eigenvalue weighted by Crippen LogP contribution is 2.36. The molecule has 1 aromatic heterocycles. The first-order valence-electron chi connectivity index (χ1n) is 8.51. The summed E-state index contributed by atoms with van der Waals surface area (Å²) in [5, 5.41) is 11.9. The summed E-state index contributed by atoms with van der Waals surface area (Å²) in [5.74, 6) is 1.03. The molecule has 1 aliphatic heterocycles. The van der Waals surface area contributed by atoms with Crippen LogP contribution in [0.25, 0.3) is 27.7 Å². The van der Waals surface area contributed by atoms with Crippen molar-refractivity contribution in [1.29, 1.82) is 0 Å². The van der Waals surface area contributed by atoms with Crippen molar-refractivity contribution in [3.05, 3.63) is 76.3 Å². The molecule has 3 aromatic carbocycles. The van der Waals surface area contributed by atoms with Gasteiger partial charge < -0.3 is 5.32 Å². The first-order chi connectivity index (χ1) is 12.7. The van der Waals surface area contributed by atoms with Crippen LogP contribution in [0.4, 0.5) is 5.82 Å². The van der Waals surface area contributed by atoms with Crippen molar-refractivity contribution in [2.45, 2.75) is 6.42 Å². The summed E-state index contributed by atoms with van der Waals surface area (Å²) in [6, 6.07) is 20.5. The average Bonchev–Trinajstić information content (AvgIpc) is 3.26. The number of hydrogen-bond acceptors (Lipinski definition) is 2. The van der Waals surface area contributed by atoms with E-state index < -0.39 is 0 Å². The van der Waals surface area contributed by atoms with Gasteiger partial charge in [0.1, 0.15) is 5.82 Å². The molecular formula is C21H15Cl2N3. The maximum Gasteiger partial charge on any atom is 0.133 e. The molecule has 0 spiro atoms. The number of halogens is 2. The lowest BCUT2D eigenvalue weighted by atomic mass is 10.0. The summed E-state index contributed by atoms with van der Waals surface area (Å²) in [7, 11) is 0. The molecule has 128 valence electrons. The third kappa shape index (κ3) is 2.47. The second-order valence-corrected chi connectivity index (χ2v) is 7.24. The molecule has 1 aliphatic rings. The molecule has 0 radical (unpaired) electrons. The van der Waals surface area contributed by atoms with Gasteiger partial charge in [-0.3, -0.25) is 0 Å². The van der Waals surface area contributed by atoms with Crippen molar-refractivity contribution in [3.8, 4) is 16.9 Å². The van der Waals surface area contributed by atoms with Crippen molar-refractivity contribution in [2.75, 3.05) is 11.9 Å². The van der Waals surface area contributed by atoms with Crippen molar-refractivity contribution >= 4 is 39.8 Å². The number of nitrogens with zero attached hydrogens (tertiary/aromatic N) is 2. The van der Waals surface area contributed by atoms with E-state index in [2.05, 4.69) is 47.8 Å². The predicted molar refractivity (Wildman–Crippen MR) is 109 cm³/mol. The van der Waals surface area contributed by atoms with E-state index in [4.69, 9.17) is 28.3 Å². The number of benzene rings is 3. The van der Waals surface area contributed by atoms with Gasteiger partial charge in [0.25, 0.3) is 0 Å². The van der Waals surface area contributed by atoms with Crippen LogP contribution in [0, 0.1) is 0 Å². The third-order valence-corrected chi connectivity index (χ3v) is 5.56. The van der Waals surface area contributed by atoms with E-state index >= 15 is 0 Å². The van der Waals surface area contributed by atoms with Crippen molar-refractivity contribution in [1.82, 2.24) is 9.78 Å². The summed E-state index contributed by atoms with van der Waals surface area (Å²) >= 11 is 12.3. The Kier molecular flexibility index (Phi) is 3.66. The first-order valence-corrected chi connectivity index (χ1v) is 9.27. The number of aromatic nitrogens is 2. The highest BCUT2D eigenvalue weighted by atomic mass is 35.5. The summed E-state index contributed by atoms with van der Waals surface area (Å²) in [5.41, 5.74) is 4.28. The minimum atomic E-state index is 0.527. The molecular weight excluding hydrogens is 365 g/mol. The van der Waals surface area contributed by atoms with E-state index in [0.29, 0.717) is 10.0 Å². The van der Waals surface area contributed by atoms with Crippen LogP contribution in [0.2, 0.25) is 10.0 Å². The molecule has 5 rings (SSSR count). The number of fused-ring (bicyclic) bond motifs is 2. The first kappa shape index (κ1) is 15.7. The monoisotopic (exact) mass is 379 g/mol. The fourth-order valence-corrected chi connectivity index (χ4v) is 3.84. The minimum Gasteiger partial charge on any atom is -0.369 e. The Morgan fingerprint density at radius 3 is 2.58 bits per heavy atom. The van der Waals surface area contributed by atoms with Crippen LogP contribution in [-0.2, 0) is 6.42 Å². The standard InChI is InChI=1S/C21H15Cl2N3/c22-18-8-7-16(12-19(18)23)26-21-17(9-10-24-21)20(25-26)15-6-5-13-3-1-2-4-14(13)11-15/h1-8,11-12,24H,9-10H2. The van der Waals surface area contributed by atoms with Gasteiger partial charge in [0, 0.05) is 17.7 Å². The Morgan fingerprint density at radius 2 is 1.73 bits per heavy atom. The molecule has 3 nitrogen and oxygen atoms in total. The molecule has 0 unspecified atom stereocenters. The van der Waals surface area contributed by atoms with Gasteiger partial charge in [0.05, 0.1) is 21.4 Å². The predicted octanol–water partition coefficient (Wildman–Crippen LogP) is 5.97. The van der Waals surface area contributed by atoms with Crippen LogP contribution in [0.15, 0.2) is 60.7 Å². The van der Waals surface area contributed by atoms with Gasteiger partial charge >= 0.3 is 0 Å². The lowest BCUT2D eigenvalue weighted by Crippen LogP contribution is -2.04. The highest BCUT2D eigenvalue weighted by Gasteiger charge is 2.24. The third-order valence-electron chi connectivity index (χ3n) is 4.82. The highest BCUT2D eigenvalue weighted by molar-refractivity contribution is 6.42. The summed E-state index contributed by atoms with van der Waals surface area (Å²) in [6.07, 6.45) is 0.957. The van der Waals surface area contributed by atoms with E-state index in [9.17, 15) is 0 Å². The van der Waals surface area contributed by atoms with Crippen LogP contribution in [0.3, 0.4) is 0 Å². The van der Waals surface area contributed by atoms with Crippen LogP contribution in [0.5, 0.6) is 0 Å². The molecule has 0 aliphatic carbocycles. The topological polar surface area (TPSA) is 29.9 Å². The summed E-state index contributed by atoms with van der Waals surface area (Å²) in [6.45, 7) is 0.912. The second kappa shape index (κ2) is 6.04. The molecule has 26 heavy (non-hydrogen) atoms. The number of nitrogens with one attached hydrogen (secondary N) is 1. The molecule has 2 heterocycles. The van der Waals surface area contributed by atoms with Gasteiger partial charge in [-0.05, 0) is 41.5 Å². The van der Waals surface area contributed by atoms with E-state index in [0.717, 1.165) is 35.7 Å². The zero-order chi connectivity index (χ0) is 17.7.